The molecule has 0 unspecified atom stereocenters. The van der Waals surface area contributed by atoms with Gasteiger partial charge in [0.25, 0.3) is 0 Å². The Balaban J connectivity index is 1.41. The highest BCUT2D eigenvalue weighted by Crippen LogP contribution is 2.51. The molecule has 2 aromatic carbocycles. The van der Waals surface area contributed by atoms with Gasteiger partial charge in [0.1, 0.15) is 11.8 Å². The lowest BCUT2D eigenvalue weighted by atomic mass is 9.73. The van der Waals surface area contributed by atoms with Gasteiger partial charge in [0.15, 0.2) is 0 Å². The number of hydrogen-bond acceptors (Lipinski definition) is 3. The van der Waals surface area contributed by atoms with Crippen molar-refractivity contribution in [2.24, 2.45) is 11.8 Å². The number of nitrogens with zero attached hydrogens (tertiary/aromatic N) is 1. The van der Waals surface area contributed by atoms with Gasteiger partial charge in [-0.25, -0.2) is 0 Å². The van der Waals surface area contributed by atoms with E-state index < -0.39 is 35.3 Å². The van der Waals surface area contributed by atoms with E-state index in [1.54, 1.807) is 0 Å². The first-order chi connectivity index (χ1) is 18.3. The summed E-state index contributed by atoms with van der Waals surface area (Å²) in [7, 11) is 0. The van der Waals surface area contributed by atoms with E-state index in [9.17, 15) is 31.1 Å². The fraction of sp³-hybridized carbons (Fsp3) is 0.552. The van der Waals surface area contributed by atoms with Crippen molar-refractivity contribution in [3.8, 4) is 0 Å². The molecule has 3 fully saturated rings. The first-order valence-corrected chi connectivity index (χ1v) is 13.3. The van der Waals surface area contributed by atoms with Crippen LogP contribution in [-0.2, 0) is 26.6 Å². The first kappa shape index (κ1) is 28.0. The third kappa shape index (κ3) is 5.29. The van der Waals surface area contributed by atoms with Crippen molar-refractivity contribution < 1.29 is 40.6 Å². The van der Waals surface area contributed by atoms with E-state index >= 15 is 0 Å². The van der Waals surface area contributed by atoms with Gasteiger partial charge in [-0.1, -0.05) is 38.1 Å². The Bertz CT molecular complexity index is 1120. The van der Waals surface area contributed by atoms with Gasteiger partial charge >= 0.3 is 12.4 Å². The topological polar surface area (TPSA) is 38.8 Å². The van der Waals surface area contributed by atoms with Gasteiger partial charge in [-0.3, -0.25) is 4.79 Å². The number of benzene rings is 2. The second-order valence-corrected chi connectivity index (χ2v) is 11.1. The van der Waals surface area contributed by atoms with Crippen LogP contribution >= 0.6 is 0 Å². The summed E-state index contributed by atoms with van der Waals surface area (Å²) in [6.45, 7) is 4.61. The average Bonchev–Trinajstić information content (AvgIpc) is 3.28. The summed E-state index contributed by atoms with van der Waals surface area (Å²) in [6, 6.07) is 9.05. The van der Waals surface area contributed by atoms with Crippen LogP contribution in [0.15, 0.2) is 48.5 Å². The molecule has 1 amide bonds. The van der Waals surface area contributed by atoms with Crippen molar-refractivity contribution >= 4 is 5.91 Å². The van der Waals surface area contributed by atoms with Gasteiger partial charge in [0, 0.05) is 12.3 Å². The highest BCUT2D eigenvalue weighted by molar-refractivity contribution is 5.78. The molecule has 0 radical (unpaired) electrons. The van der Waals surface area contributed by atoms with Crippen LogP contribution in [0.5, 0.6) is 0 Å². The second kappa shape index (κ2) is 10.1. The second-order valence-electron chi connectivity index (χ2n) is 11.1. The van der Waals surface area contributed by atoms with E-state index in [1.807, 2.05) is 4.90 Å². The zero-order chi connectivity index (χ0) is 28.2. The van der Waals surface area contributed by atoms with Crippen molar-refractivity contribution in [3.63, 3.8) is 0 Å². The highest BCUT2D eigenvalue weighted by atomic mass is 19.4. The van der Waals surface area contributed by atoms with Gasteiger partial charge in [-0.15, -0.1) is 0 Å². The van der Waals surface area contributed by atoms with E-state index in [1.165, 1.54) is 24.3 Å². The van der Waals surface area contributed by atoms with Crippen LogP contribution in [0.2, 0.25) is 0 Å². The molecular formula is C29H31F6NO3. The van der Waals surface area contributed by atoms with Gasteiger partial charge in [0.2, 0.25) is 5.91 Å². The third-order valence-corrected chi connectivity index (χ3v) is 8.41. The lowest BCUT2D eigenvalue weighted by Gasteiger charge is -2.52. The standard InChI is InChI=1S/C29H31F6NO3/c1-17(2)24-16-38-27-14-13-23(15-22(27)11-12-25(37)36(24)27)39-26(18-3-7-20(8-4-18)28(30,31)32)19-5-9-21(10-6-19)29(33,34)35/h3-10,17,22-24,26H,11-16H2,1-2H3/t22-,23+,24-,27-/m1/s1. The largest absolute Gasteiger partial charge is 0.416 e. The number of halogens is 6. The Labute approximate surface area is 223 Å². The van der Waals surface area contributed by atoms with Crippen molar-refractivity contribution in [2.45, 2.75) is 82.3 Å². The van der Waals surface area contributed by atoms with Crippen LogP contribution < -0.4 is 0 Å². The summed E-state index contributed by atoms with van der Waals surface area (Å²) in [4.78, 5) is 14.9. The van der Waals surface area contributed by atoms with Crippen molar-refractivity contribution in [3.05, 3.63) is 70.8 Å². The molecule has 39 heavy (non-hydrogen) atoms. The SMILES string of the molecule is CC(C)[C@H]1CO[C@]23CC[C@H](OC(c4ccc(C(F)(F)F)cc4)c4ccc(C(F)(F)F)cc4)C[C@H]2CCC(=O)N13. The summed E-state index contributed by atoms with van der Waals surface area (Å²) in [5, 5.41) is 0. The van der Waals surface area contributed by atoms with Crippen LogP contribution in [0.4, 0.5) is 26.3 Å². The Morgan fingerprint density at radius 1 is 0.897 bits per heavy atom. The molecule has 0 N–H and O–H groups in total. The van der Waals surface area contributed by atoms with Crippen LogP contribution in [-0.4, -0.2) is 35.3 Å². The molecule has 2 aliphatic heterocycles. The van der Waals surface area contributed by atoms with Crippen molar-refractivity contribution in [1.82, 2.24) is 4.90 Å². The molecular weight excluding hydrogens is 524 g/mol. The lowest BCUT2D eigenvalue weighted by molar-refractivity contribution is -0.200. The number of carbonyl (C=O) groups excluding carboxylic acids is 1. The molecule has 2 heterocycles. The molecule has 0 bridgehead atoms. The number of carbonyl (C=O) groups is 1. The Kier molecular flexibility index (Phi) is 7.24. The zero-order valence-corrected chi connectivity index (χ0v) is 21.7. The molecule has 2 aromatic rings. The number of rotatable bonds is 5. The minimum absolute atomic E-state index is 0.00445. The lowest BCUT2D eigenvalue weighted by Crippen LogP contribution is -2.62. The normalized spacial score (nSPS) is 27.7. The van der Waals surface area contributed by atoms with Crippen molar-refractivity contribution in [1.29, 1.82) is 0 Å². The fourth-order valence-corrected chi connectivity index (χ4v) is 6.36. The highest BCUT2D eigenvalue weighted by Gasteiger charge is 2.59. The predicted molar refractivity (Wildman–Crippen MR) is 130 cm³/mol. The van der Waals surface area contributed by atoms with Gasteiger partial charge in [-0.2, -0.15) is 26.3 Å². The molecule has 10 heteroatoms. The first-order valence-electron chi connectivity index (χ1n) is 13.3. The minimum atomic E-state index is -4.51. The third-order valence-electron chi connectivity index (χ3n) is 8.41. The molecule has 212 valence electrons. The Morgan fingerprint density at radius 3 is 1.92 bits per heavy atom. The summed E-state index contributed by atoms with van der Waals surface area (Å²) in [5.74, 6) is 0.359. The average molecular weight is 556 g/mol. The molecule has 1 aliphatic carbocycles. The van der Waals surface area contributed by atoms with E-state index in [0.29, 0.717) is 49.8 Å². The molecule has 4 atom stereocenters. The Hall–Kier alpha value is -2.59. The monoisotopic (exact) mass is 555 g/mol. The predicted octanol–water partition coefficient (Wildman–Crippen LogP) is 7.37. The van der Waals surface area contributed by atoms with E-state index in [-0.39, 0.29) is 29.9 Å². The summed E-state index contributed by atoms with van der Waals surface area (Å²) >= 11 is 0. The molecule has 0 aromatic heterocycles. The summed E-state index contributed by atoms with van der Waals surface area (Å²) in [6.07, 6.45) is -7.46. The number of piperidine rings is 1. The molecule has 4 nitrogen and oxygen atoms in total. The molecule has 2 saturated heterocycles. The maximum Gasteiger partial charge on any atom is 0.416 e. The van der Waals surface area contributed by atoms with Crippen LogP contribution in [0.1, 0.15) is 74.3 Å². The number of alkyl halides is 6. The molecule has 5 rings (SSSR count). The van der Waals surface area contributed by atoms with E-state index in [4.69, 9.17) is 9.47 Å². The number of ether oxygens (including phenoxy) is 2. The minimum Gasteiger partial charge on any atom is -0.366 e. The maximum atomic E-state index is 13.2. The summed E-state index contributed by atoms with van der Waals surface area (Å²) < 4.78 is 91.8. The van der Waals surface area contributed by atoms with Crippen LogP contribution in [0.25, 0.3) is 0 Å². The van der Waals surface area contributed by atoms with Crippen LogP contribution in [0.3, 0.4) is 0 Å². The van der Waals surface area contributed by atoms with Gasteiger partial charge in [0.05, 0.1) is 29.9 Å². The fourth-order valence-electron chi connectivity index (χ4n) is 6.36. The van der Waals surface area contributed by atoms with Gasteiger partial charge < -0.3 is 14.4 Å². The smallest absolute Gasteiger partial charge is 0.366 e. The van der Waals surface area contributed by atoms with Crippen molar-refractivity contribution in [2.75, 3.05) is 6.61 Å². The number of hydrogen-bond donors (Lipinski definition) is 0. The number of amides is 1. The maximum absolute atomic E-state index is 13.2. The molecule has 3 aliphatic rings. The van der Waals surface area contributed by atoms with E-state index in [2.05, 4.69) is 13.8 Å². The Morgan fingerprint density at radius 2 is 1.44 bits per heavy atom. The van der Waals surface area contributed by atoms with Crippen LogP contribution in [0, 0.1) is 11.8 Å². The van der Waals surface area contributed by atoms with E-state index in [0.717, 1.165) is 24.3 Å². The molecule has 1 spiro atoms. The quantitative estimate of drug-likeness (QED) is 0.362. The van der Waals surface area contributed by atoms with Gasteiger partial charge in [-0.05, 0) is 67.0 Å². The molecule has 1 saturated carbocycles. The zero-order valence-electron chi connectivity index (χ0n) is 21.7. The summed E-state index contributed by atoms with van der Waals surface area (Å²) in [5.41, 5.74) is -1.48.